The maximum Gasteiger partial charge on any atom is 0.191 e. The van der Waals surface area contributed by atoms with E-state index in [1.54, 1.807) is 6.26 Å². The predicted octanol–water partition coefficient (Wildman–Crippen LogP) is 1.67. The SMILES string of the molecule is FCCCN=C(NCCc1ccco1)NCCN1CCOCC1.I. The highest BCUT2D eigenvalue weighted by atomic mass is 127. The molecule has 0 amide bonds. The van der Waals surface area contributed by atoms with Crippen LogP contribution in [-0.4, -0.2) is 70.0 Å². The van der Waals surface area contributed by atoms with Crippen molar-refractivity contribution < 1.29 is 13.5 Å². The fourth-order valence-electron chi connectivity index (χ4n) is 2.34. The van der Waals surface area contributed by atoms with Gasteiger partial charge in [0.2, 0.25) is 0 Å². The summed E-state index contributed by atoms with van der Waals surface area (Å²) in [7, 11) is 0. The van der Waals surface area contributed by atoms with Crippen LogP contribution in [0.3, 0.4) is 0 Å². The minimum absolute atomic E-state index is 0. The number of halogens is 2. The maximum absolute atomic E-state index is 12.2. The molecule has 2 heterocycles. The molecule has 1 aliphatic heterocycles. The highest BCUT2D eigenvalue weighted by molar-refractivity contribution is 14.0. The summed E-state index contributed by atoms with van der Waals surface area (Å²) in [5.41, 5.74) is 0. The van der Waals surface area contributed by atoms with Crippen molar-refractivity contribution in [3.8, 4) is 0 Å². The third kappa shape index (κ3) is 8.84. The molecule has 8 heteroatoms. The van der Waals surface area contributed by atoms with Crippen molar-refractivity contribution in [2.45, 2.75) is 12.8 Å². The predicted molar refractivity (Wildman–Crippen MR) is 104 cm³/mol. The number of nitrogens with one attached hydrogen (secondary N) is 2. The minimum Gasteiger partial charge on any atom is -0.469 e. The van der Waals surface area contributed by atoms with Gasteiger partial charge in [-0.2, -0.15) is 0 Å². The minimum atomic E-state index is -0.336. The van der Waals surface area contributed by atoms with Crippen LogP contribution in [0.2, 0.25) is 0 Å². The van der Waals surface area contributed by atoms with Gasteiger partial charge < -0.3 is 19.8 Å². The molecule has 0 spiro atoms. The van der Waals surface area contributed by atoms with Gasteiger partial charge in [0.25, 0.3) is 0 Å². The van der Waals surface area contributed by atoms with E-state index in [1.165, 1.54) is 0 Å². The van der Waals surface area contributed by atoms with Crippen LogP contribution < -0.4 is 10.6 Å². The maximum atomic E-state index is 12.2. The second-order valence-electron chi connectivity index (χ2n) is 5.41. The fourth-order valence-corrected chi connectivity index (χ4v) is 2.34. The highest BCUT2D eigenvalue weighted by Crippen LogP contribution is 1.99. The van der Waals surface area contributed by atoms with Gasteiger partial charge in [-0.1, -0.05) is 0 Å². The van der Waals surface area contributed by atoms with Crippen molar-refractivity contribution in [1.29, 1.82) is 0 Å². The lowest BCUT2D eigenvalue weighted by Gasteiger charge is -2.26. The van der Waals surface area contributed by atoms with Crippen LogP contribution in [0.25, 0.3) is 0 Å². The van der Waals surface area contributed by atoms with E-state index in [-0.39, 0.29) is 30.7 Å². The first kappa shape index (κ1) is 21.2. The number of morpholine rings is 1. The van der Waals surface area contributed by atoms with Gasteiger partial charge in [0.05, 0.1) is 26.2 Å². The first-order valence-electron chi connectivity index (χ1n) is 8.29. The molecule has 6 nitrogen and oxygen atoms in total. The topological polar surface area (TPSA) is 62.0 Å². The number of nitrogens with zero attached hydrogens (tertiary/aromatic N) is 2. The molecule has 1 aromatic rings. The summed E-state index contributed by atoms with van der Waals surface area (Å²) in [6.07, 6.45) is 2.92. The van der Waals surface area contributed by atoms with Gasteiger partial charge >= 0.3 is 0 Å². The van der Waals surface area contributed by atoms with E-state index >= 15 is 0 Å². The quantitative estimate of drug-likeness (QED) is 0.257. The molecule has 0 atom stereocenters. The number of hydrogen-bond donors (Lipinski definition) is 2. The Hall–Kier alpha value is -0.870. The second kappa shape index (κ2) is 13.4. The number of furan rings is 1. The molecule has 1 aliphatic rings. The number of guanidine groups is 1. The summed E-state index contributed by atoms with van der Waals surface area (Å²) in [5.74, 6) is 1.67. The molecule has 2 rings (SSSR count). The third-order valence-corrected chi connectivity index (χ3v) is 3.63. The summed E-state index contributed by atoms with van der Waals surface area (Å²) >= 11 is 0. The van der Waals surface area contributed by atoms with Crippen LogP contribution in [0, 0.1) is 0 Å². The molecule has 0 aliphatic carbocycles. The smallest absolute Gasteiger partial charge is 0.191 e. The molecule has 0 aromatic carbocycles. The van der Waals surface area contributed by atoms with E-state index in [0.717, 1.165) is 64.1 Å². The van der Waals surface area contributed by atoms with Crippen LogP contribution in [0.5, 0.6) is 0 Å². The van der Waals surface area contributed by atoms with Crippen LogP contribution in [0.1, 0.15) is 12.2 Å². The molecular formula is C16H28FIN4O2. The lowest BCUT2D eigenvalue weighted by molar-refractivity contribution is 0.0389. The summed E-state index contributed by atoms with van der Waals surface area (Å²) in [6, 6.07) is 3.83. The average molecular weight is 454 g/mol. The van der Waals surface area contributed by atoms with Crippen molar-refractivity contribution in [3.63, 3.8) is 0 Å². The number of alkyl halides is 1. The Labute approximate surface area is 160 Å². The Bertz CT molecular complexity index is 439. The van der Waals surface area contributed by atoms with Crippen molar-refractivity contribution in [3.05, 3.63) is 24.2 Å². The summed E-state index contributed by atoms with van der Waals surface area (Å²) < 4.78 is 22.9. The Morgan fingerprint density at radius 2 is 2.04 bits per heavy atom. The first-order valence-corrected chi connectivity index (χ1v) is 8.29. The molecule has 138 valence electrons. The van der Waals surface area contributed by atoms with Crippen molar-refractivity contribution in [2.75, 3.05) is 59.2 Å². The van der Waals surface area contributed by atoms with Gasteiger partial charge in [-0.3, -0.25) is 14.3 Å². The van der Waals surface area contributed by atoms with E-state index in [0.29, 0.717) is 13.0 Å². The monoisotopic (exact) mass is 454 g/mol. The zero-order chi connectivity index (χ0) is 16.2. The molecule has 0 unspecified atom stereocenters. The summed E-state index contributed by atoms with van der Waals surface area (Å²) in [4.78, 5) is 6.76. The van der Waals surface area contributed by atoms with E-state index in [4.69, 9.17) is 9.15 Å². The van der Waals surface area contributed by atoms with Crippen LogP contribution >= 0.6 is 24.0 Å². The highest BCUT2D eigenvalue weighted by Gasteiger charge is 2.09. The molecule has 1 aromatic heterocycles. The average Bonchev–Trinajstić information content (AvgIpc) is 3.09. The molecule has 24 heavy (non-hydrogen) atoms. The van der Waals surface area contributed by atoms with Gasteiger partial charge in [-0.05, 0) is 18.6 Å². The Balaban J connectivity index is 0.00000288. The fraction of sp³-hybridized carbons (Fsp3) is 0.688. The molecule has 1 saturated heterocycles. The Kier molecular flexibility index (Phi) is 11.8. The molecule has 0 radical (unpaired) electrons. The second-order valence-corrected chi connectivity index (χ2v) is 5.41. The zero-order valence-corrected chi connectivity index (χ0v) is 16.3. The lowest BCUT2D eigenvalue weighted by atomic mass is 10.3. The first-order chi connectivity index (χ1) is 11.4. The van der Waals surface area contributed by atoms with E-state index in [2.05, 4.69) is 20.5 Å². The van der Waals surface area contributed by atoms with Crippen LogP contribution in [0.15, 0.2) is 27.8 Å². The molecular weight excluding hydrogens is 426 g/mol. The largest absolute Gasteiger partial charge is 0.469 e. The van der Waals surface area contributed by atoms with Crippen molar-refractivity contribution in [2.24, 2.45) is 4.99 Å². The van der Waals surface area contributed by atoms with Crippen molar-refractivity contribution in [1.82, 2.24) is 15.5 Å². The van der Waals surface area contributed by atoms with Crippen LogP contribution in [-0.2, 0) is 11.2 Å². The van der Waals surface area contributed by atoms with Crippen molar-refractivity contribution >= 4 is 29.9 Å². The lowest BCUT2D eigenvalue weighted by Crippen LogP contribution is -2.44. The zero-order valence-electron chi connectivity index (χ0n) is 14.0. The van der Waals surface area contributed by atoms with E-state index in [1.807, 2.05) is 12.1 Å². The van der Waals surface area contributed by atoms with Gasteiger partial charge in [0.15, 0.2) is 5.96 Å². The number of hydrogen-bond acceptors (Lipinski definition) is 4. The number of rotatable bonds is 9. The van der Waals surface area contributed by atoms with Gasteiger partial charge in [-0.15, -0.1) is 24.0 Å². The van der Waals surface area contributed by atoms with E-state index < -0.39 is 0 Å². The number of aliphatic imine (C=N–C) groups is 1. The normalized spacial score (nSPS) is 15.8. The molecule has 0 bridgehead atoms. The standard InChI is InChI=1S/C16H27FN4O2.HI/c17-5-2-6-18-16(19-7-4-15-3-1-12-23-15)20-8-9-21-10-13-22-14-11-21;/h1,3,12H,2,4-11,13-14H2,(H2,18,19,20);1H. The Morgan fingerprint density at radius 1 is 1.25 bits per heavy atom. The van der Waals surface area contributed by atoms with Gasteiger partial charge in [0, 0.05) is 45.7 Å². The molecule has 1 fully saturated rings. The molecule has 2 N–H and O–H groups in total. The van der Waals surface area contributed by atoms with Crippen LogP contribution in [0.4, 0.5) is 4.39 Å². The number of ether oxygens (including phenoxy) is 1. The third-order valence-electron chi connectivity index (χ3n) is 3.63. The van der Waals surface area contributed by atoms with E-state index in [9.17, 15) is 4.39 Å². The molecule has 0 saturated carbocycles. The summed E-state index contributed by atoms with van der Waals surface area (Å²) in [6.45, 7) is 6.20. The summed E-state index contributed by atoms with van der Waals surface area (Å²) in [5, 5.41) is 6.58. The van der Waals surface area contributed by atoms with Gasteiger partial charge in [-0.25, -0.2) is 0 Å². The Morgan fingerprint density at radius 3 is 2.75 bits per heavy atom. The van der Waals surface area contributed by atoms with Gasteiger partial charge in [0.1, 0.15) is 5.76 Å².